The summed E-state index contributed by atoms with van der Waals surface area (Å²) in [4.78, 5) is 0. The summed E-state index contributed by atoms with van der Waals surface area (Å²) >= 11 is 4.94. The topological polar surface area (TPSA) is 60.7 Å². The summed E-state index contributed by atoms with van der Waals surface area (Å²) in [6, 6.07) is 0. The number of aliphatic hydroxyl groups is 3. The van der Waals surface area contributed by atoms with Gasteiger partial charge in [0.25, 0.3) is 0 Å². The van der Waals surface area contributed by atoms with Gasteiger partial charge in [0.15, 0.2) is 0 Å². The number of halogens is 1. The molecule has 0 heterocycles. The van der Waals surface area contributed by atoms with Crippen molar-refractivity contribution in [2.75, 3.05) is 25.7 Å². The summed E-state index contributed by atoms with van der Waals surface area (Å²) < 4.78 is 0. The maximum absolute atomic E-state index is 8.07. The molecule has 0 aromatic heterocycles. The van der Waals surface area contributed by atoms with Gasteiger partial charge in [0.2, 0.25) is 0 Å². The molecule has 0 saturated heterocycles. The molecule has 0 rings (SSSR count). The van der Waals surface area contributed by atoms with Crippen molar-refractivity contribution < 1.29 is 37.0 Å². The van der Waals surface area contributed by atoms with E-state index in [-0.39, 0.29) is 28.3 Å². The van der Waals surface area contributed by atoms with Crippen LogP contribution in [0.3, 0.4) is 0 Å². The summed E-state index contributed by atoms with van der Waals surface area (Å²) in [5.74, 6) is 0.347. The summed E-state index contributed by atoms with van der Waals surface area (Å²) in [5, 5.41) is 23.9. The largest absolute Gasteiger partial charge is 0.396 e. The van der Waals surface area contributed by atoms with Crippen LogP contribution in [0.1, 0.15) is 39.5 Å². The van der Waals surface area contributed by atoms with Gasteiger partial charge in [-0.15, -0.1) is 11.6 Å². The molecule has 0 fully saturated rings. The molecule has 0 bridgehead atoms. The molecule has 0 saturated carbocycles. The molecule has 0 aromatic rings. The normalized spacial score (nSPS) is 7.60. The molecular formula is C10H25ClO3Ti. The molecule has 3 nitrogen and oxygen atoms in total. The Hall–Kier alpha value is 0.884. The molecule has 0 amide bonds. The van der Waals surface area contributed by atoms with Gasteiger partial charge in [-0.1, -0.05) is 26.7 Å². The molecule has 0 aromatic carbocycles. The van der Waals surface area contributed by atoms with Gasteiger partial charge in [-0.2, -0.15) is 0 Å². The molecule has 0 aliphatic rings. The van der Waals surface area contributed by atoms with Gasteiger partial charge in [-0.3, -0.25) is 0 Å². The number of rotatable bonds is 5. The van der Waals surface area contributed by atoms with E-state index < -0.39 is 0 Å². The monoisotopic (exact) mass is 276 g/mol. The zero-order valence-corrected chi connectivity index (χ0v) is 12.2. The third-order valence-electron chi connectivity index (χ3n) is 1.11. The van der Waals surface area contributed by atoms with Crippen molar-refractivity contribution in [2.45, 2.75) is 39.5 Å². The zero-order chi connectivity index (χ0) is 11.7. The summed E-state index contributed by atoms with van der Waals surface area (Å²) in [5.41, 5.74) is 0. The average Bonchev–Trinajstić information content (AvgIpc) is 2.22. The molecule has 0 atom stereocenters. The van der Waals surface area contributed by atoms with Crippen molar-refractivity contribution in [1.82, 2.24) is 0 Å². The van der Waals surface area contributed by atoms with Crippen LogP contribution in [0.25, 0.3) is 0 Å². The first-order valence-corrected chi connectivity index (χ1v) is 5.66. The third kappa shape index (κ3) is 71.4. The molecule has 94 valence electrons. The second-order valence-corrected chi connectivity index (χ2v) is 2.94. The maximum atomic E-state index is 8.07. The van der Waals surface area contributed by atoms with E-state index in [0.29, 0.717) is 19.1 Å². The molecule has 3 N–H and O–H groups in total. The van der Waals surface area contributed by atoms with E-state index in [1.54, 1.807) is 0 Å². The molecule has 0 aliphatic heterocycles. The van der Waals surface area contributed by atoms with Crippen LogP contribution in [0.4, 0.5) is 0 Å². The van der Waals surface area contributed by atoms with E-state index >= 15 is 0 Å². The van der Waals surface area contributed by atoms with Gasteiger partial charge in [-0.25, -0.2) is 0 Å². The fraction of sp³-hybridized carbons (Fsp3) is 1.00. The Morgan fingerprint density at radius 1 is 0.800 bits per heavy atom. The zero-order valence-electron chi connectivity index (χ0n) is 9.88. The number of hydrogen-bond acceptors (Lipinski definition) is 3. The van der Waals surface area contributed by atoms with Gasteiger partial charge in [0, 0.05) is 40.8 Å². The van der Waals surface area contributed by atoms with Crippen molar-refractivity contribution in [2.24, 2.45) is 0 Å². The van der Waals surface area contributed by atoms with Crippen molar-refractivity contribution in [1.29, 1.82) is 0 Å². The van der Waals surface area contributed by atoms with E-state index in [1.165, 1.54) is 0 Å². The van der Waals surface area contributed by atoms with Crippen LogP contribution in [0.2, 0.25) is 0 Å². The minimum absolute atomic E-state index is 0. The van der Waals surface area contributed by atoms with E-state index in [0.717, 1.165) is 25.7 Å². The Kier molecular flexibility index (Phi) is 60.4. The first-order valence-electron chi connectivity index (χ1n) is 5.13. The standard InChI is InChI=1S/2C4H10O.C2H5ClO.Ti/c2*1-2-3-4-5;3-1-2-4;/h2*5H,2-4H2,1H3;4H,1-2H2;. The van der Waals surface area contributed by atoms with Gasteiger partial charge in [-0.05, 0) is 12.8 Å². The van der Waals surface area contributed by atoms with E-state index in [9.17, 15) is 0 Å². The minimum atomic E-state index is 0. The number of aliphatic hydroxyl groups excluding tert-OH is 3. The van der Waals surface area contributed by atoms with Crippen LogP contribution in [0.15, 0.2) is 0 Å². The van der Waals surface area contributed by atoms with Gasteiger partial charge in [0.05, 0.1) is 6.61 Å². The minimum Gasteiger partial charge on any atom is -0.396 e. The van der Waals surface area contributed by atoms with Crippen LogP contribution in [0, 0.1) is 0 Å². The molecule has 15 heavy (non-hydrogen) atoms. The fourth-order valence-corrected chi connectivity index (χ4v) is 0.316. The SMILES string of the molecule is CCCCO.CCCCO.OCCCl.[Ti]. The van der Waals surface area contributed by atoms with Gasteiger partial charge >= 0.3 is 0 Å². The van der Waals surface area contributed by atoms with Crippen molar-refractivity contribution >= 4 is 11.6 Å². The van der Waals surface area contributed by atoms with Crippen LogP contribution in [-0.2, 0) is 21.7 Å². The number of alkyl halides is 1. The van der Waals surface area contributed by atoms with Crippen LogP contribution < -0.4 is 0 Å². The molecular weight excluding hydrogens is 251 g/mol. The maximum Gasteiger partial charge on any atom is 0.0566 e. The van der Waals surface area contributed by atoms with Crippen LogP contribution in [0.5, 0.6) is 0 Å². The van der Waals surface area contributed by atoms with Crippen molar-refractivity contribution in [3.05, 3.63) is 0 Å². The predicted molar refractivity (Wildman–Crippen MR) is 61.8 cm³/mol. The Bertz CT molecular complexity index is 56.6. The smallest absolute Gasteiger partial charge is 0.0566 e. The van der Waals surface area contributed by atoms with E-state index in [4.69, 9.17) is 26.9 Å². The quantitative estimate of drug-likeness (QED) is 0.530. The van der Waals surface area contributed by atoms with Crippen LogP contribution >= 0.6 is 11.6 Å². The van der Waals surface area contributed by atoms with E-state index in [1.807, 2.05) is 0 Å². The first kappa shape index (κ1) is 24.9. The Morgan fingerprint density at radius 3 is 1.07 bits per heavy atom. The third-order valence-corrected chi connectivity index (χ3v) is 1.28. The molecule has 0 spiro atoms. The summed E-state index contributed by atoms with van der Waals surface area (Å²) in [6.45, 7) is 4.88. The Balaban J connectivity index is -0.0000000590. The second-order valence-electron chi connectivity index (χ2n) is 2.57. The van der Waals surface area contributed by atoms with Crippen molar-refractivity contribution in [3.8, 4) is 0 Å². The molecule has 5 heteroatoms. The van der Waals surface area contributed by atoms with Gasteiger partial charge in [0.1, 0.15) is 0 Å². The second kappa shape index (κ2) is 36.4. The van der Waals surface area contributed by atoms with Crippen LogP contribution in [-0.4, -0.2) is 41.0 Å². The van der Waals surface area contributed by atoms with Gasteiger partial charge < -0.3 is 15.3 Å². The molecule has 0 aliphatic carbocycles. The predicted octanol–water partition coefficient (Wildman–Crippen LogP) is 1.77. The first-order chi connectivity index (χ1) is 6.74. The Morgan fingerprint density at radius 2 is 1.07 bits per heavy atom. The van der Waals surface area contributed by atoms with Crippen molar-refractivity contribution in [3.63, 3.8) is 0 Å². The number of unbranched alkanes of at least 4 members (excludes halogenated alkanes) is 2. The molecule has 0 radical (unpaired) electrons. The number of hydrogen-bond donors (Lipinski definition) is 3. The molecule has 0 unspecified atom stereocenters. The summed E-state index contributed by atoms with van der Waals surface area (Å²) in [7, 11) is 0. The Labute approximate surface area is 114 Å². The summed E-state index contributed by atoms with van der Waals surface area (Å²) in [6.07, 6.45) is 4.08. The van der Waals surface area contributed by atoms with E-state index in [2.05, 4.69) is 13.8 Å². The fourth-order valence-electron chi connectivity index (χ4n) is 0.316. The average molecular weight is 277 g/mol.